The highest BCUT2D eigenvalue weighted by Crippen LogP contribution is 2.37. The first kappa shape index (κ1) is 13.7. The molecule has 3 heteroatoms. The Morgan fingerprint density at radius 1 is 1.53 bits per heavy atom. The molecular weight excluding hydrogens is 234 g/mol. The molecule has 3 N–H and O–H groups in total. The van der Waals surface area contributed by atoms with Crippen LogP contribution < -0.4 is 11.1 Å². The summed E-state index contributed by atoms with van der Waals surface area (Å²) in [4.78, 5) is 4.49. The van der Waals surface area contributed by atoms with Gasteiger partial charge in [0.15, 0.2) is 5.96 Å². The zero-order chi connectivity index (χ0) is 13.7. The second kappa shape index (κ2) is 5.91. The van der Waals surface area contributed by atoms with E-state index in [1.165, 1.54) is 30.4 Å². The lowest BCUT2D eigenvalue weighted by Gasteiger charge is -2.34. The average molecular weight is 257 g/mol. The van der Waals surface area contributed by atoms with Gasteiger partial charge in [-0.05, 0) is 30.4 Å². The number of rotatable bonds is 4. The van der Waals surface area contributed by atoms with Crippen LogP contribution in [0.1, 0.15) is 30.9 Å². The lowest BCUT2D eigenvalue weighted by atomic mass is 9.71. The zero-order valence-electron chi connectivity index (χ0n) is 11.7. The normalized spacial score (nSPS) is 22.7. The number of nitrogens with two attached hydrogens (primary N) is 1. The highest BCUT2D eigenvalue weighted by molar-refractivity contribution is 5.78. The Labute approximate surface area is 115 Å². The van der Waals surface area contributed by atoms with E-state index < -0.39 is 0 Å². The molecule has 2 rings (SSSR count). The van der Waals surface area contributed by atoms with Crippen LogP contribution in [0.25, 0.3) is 0 Å². The standard InChI is InChI=1S/C16H23N3/c1-3-11-18-15(17)19-12-16(2)10-6-8-13-7-4-5-9-14(13)16/h3-5,7,9H,1,6,8,10-12H2,2H3,(H3,17,18,19). The molecule has 0 amide bonds. The highest BCUT2D eigenvalue weighted by atomic mass is 15.1. The summed E-state index contributed by atoms with van der Waals surface area (Å²) in [7, 11) is 0. The van der Waals surface area contributed by atoms with E-state index in [4.69, 9.17) is 5.73 Å². The third-order valence-corrected chi connectivity index (χ3v) is 3.87. The molecule has 0 saturated carbocycles. The second-order valence-electron chi connectivity index (χ2n) is 5.44. The smallest absolute Gasteiger partial charge is 0.188 e. The SMILES string of the molecule is C=CCNC(N)=NCC1(C)CCCc2ccccc21. The minimum Gasteiger partial charge on any atom is -0.370 e. The van der Waals surface area contributed by atoms with Gasteiger partial charge in [-0.3, -0.25) is 4.99 Å². The number of hydrogen-bond donors (Lipinski definition) is 2. The number of benzene rings is 1. The number of nitrogens with one attached hydrogen (secondary N) is 1. The Bertz CT molecular complexity index is 479. The van der Waals surface area contributed by atoms with Gasteiger partial charge in [0.25, 0.3) is 0 Å². The molecule has 0 saturated heterocycles. The lowest BCUT2D eigenvalue weighted by Crippen LogP contribution is -2.36. The Hall–Kier alpha value is -1.77. The van der Waals surface area contributed by atoms with E-state index in [1.54, 1.807) is 6.08 Å². The summed E-state index contributed by atoms with van der Waals surface area (Å²) in [5.41, 5.74) is 8.85. The molecule has 0 aliphatic heterocycles. The van der Waals surface area contributed by atoms with Gasteiger partial charge in [-0.15, -0.1) is 6.58 Å². The van der Waals surface area contributed by atoms with Crippen molar-refractivity contribution < 1.29 is 0 Å². The van der Waals surface area contributed by atoms with Crippen molar-refractivity contribution in [3.8, 4) is 0 Å². The molecule has 1 aliphatic rings. The van der Waals surface area contributed by atoms with Gasteiger partial charge in [0, 0.05) is 12.0 Å². The first-order valence-corrected chi connectivity index (χ1v) is 6.89. The zero-order valence-corrected chi connectivity index (χ0v) is 11.7. The summed E-state index contributed by atoms with van der Waals surface area (Å²) < 4.78 is 0. The minimum atomic E-state index is 0.106. The van der Waals surface area contributed by atoms with Crippen LogP contribution in [0.15, 0.2) is 41.9 Å². The van der Waals surface area contributed by atoms with Crippen molar-refractivity contribution in [1.29, 1.82) is 0 Å². The van der Waals surface area contributed by atoms with Crippen molar-refractivity contribution >= 4 is 5.96 Å². The van der Waals surface area contributed by atoms with E-state index in [2.05, 4.69) is 48.1 Å². The number of aryl methyl sites for hydroxylation is 1. The molecule has 1 aromatic rings. The van der Waals surface area contributed by atoms with Crippen LogP contribution in [0.4, 0.5) is 0 Å². The molecule has 0 fully saturated rings. The maximum Gasteiger partial charge on any atom is 0.188 e. The molecule has 102 valence electrons. The molecule has 0 radical (unpaired) electrons. The van der Waals surface area contributed by atoms with Gasteiger partial charge in [0.2, 0.25) is 0 Å². The molecule has 1 atom stereocenters. The van der Waals surface area contributed by atoms with E-state index in [-0.39, 0.29) is 5.41 Å². The number of nitrogens with zero attached hydrogens (tertiary/aromatic N) is 1. The van der Waals surface area contributed by atoms with Gasteiger partial charge in [0.1, 0.15) is 0 Å². The summed E-state index contributed by atoms with van der Waals surface area (Å²) in [6.07, 6.45) is 5.35. The van der Waals surface area contributed by atoms with Crippen molar-refractivity contribution in [3.05, 3.63) is 48.0 Å². The average Bonchev–Trinajstić information content (AvgIpc) is 2.44. The second-order valence-corrected chi connectivity index (χ2v) is 5.44. The molecule has 1 aromatic carbocycles. The summed E-state index contributed by atoms with van der Waals surface area (Å²) >= 11 is 0. The van der Waals surface area contributed by atoms with E-state index in [0.717, 1.165) is 6.54 Å². The Balaban J connectivity index is 2.13. The fourth-order valence-corrected chi connectivity index (χ4v) is 2.79. The number of fused-ring (bicyclic) bond motifs is 1. The van der Waals surface area contributed by atoms with Crippen molar-refractivity contribution in [2.75, 3.05) is 13.1 Å². The van der Waals surface area contributed by atoms with E-state index in [9.17, 15) is 0 Å². The maximum absolute atomic E-state index is 5.85. The molecule has 1 aliphatic carbocycles. The third-order valence-electron chi connectivity index (χ3n) is 3.87. The van der Waals surface area contributed by atoms with Gasteiger partial charge in [0.05, 0.1) is 6.54 Å². The van der Waals surface area contributed by atoms with Gasteiger partial charge in [-0.1, -0.05) is 37.3 Å². The minimum absolute atomic E-state index is 0.106. The predicted octanol–water partition coefficient (Wildman–Crippen LogP) is 2.37. The van der Waals surface area contributed by atoms with Crippen molar-refractivity contribution in [3.63, 3.8) is 0 Å². The van der Waals surface area contributed by atoms with Crippen LogP contribution in [0.5, 0.6) is 0 Å². The first-order chi connectivity index (χ1) is 9.15. The third kappa shape index (κ3) is 3.16. The maximum atomic E-state index is 5.85. The van der Waals surface area contributed by atoms with Crippen molar-refractivity contribution in [1.82, 2.24) is 5.32 Å². The van der Waals surface area contributed by atoms with E-state index in [0.29, 0.717) is 12.5 Å². The highest BCUT2D eigenvalue weighted by Gasteiger charge is 2.31. The van der Waals surface area contributed by atoms with Crippen molar-refractivity contribution in [2.45, 2.75) is 31.6 Å². The Kier molecular flexibility index (Phi) is 4.25. The Morgan fingerprint density at radius 3 is 3.11 bits per heavy atom. The van der Waals surface area contributed by atoms with Gasteiger partial charge in [-0.2, -0.15) is 0 Å². The molecule has 0 spiro atoms. The fourth-order valence-electron chi connectivity index (χ4n) is 2.79. The first-order valence-electron chi connectivity index (χ1n) is 6.89. The van der Waals surface area contributed by atoms with Gasteiger partial charge < -0.3 is 11.1 Å². The van der Waals surface area contributed by atoms with Crippen LogP contribution in [-0.4, -0.2) is 19.0 Å². The largest absolute Gasteiger partial charge is 0.370 e. The number of guanidine groups is 1. The summed E-state index contributed by atoms with van der Waals surface area (Å²) in [5.74, 6) is 0.504. The molecule has 3 nitrogen and oxygen atoms in total. The molecular formula is C16H23N3. The topological polar surface area (TPSA) is 50.4 Å². The molecule has 0 bridgehead atoms. The molecule has 1 unspecified atom stereocenters. The van der Waals surface area contributed by atoms with Gasteiger partial charge >= 0.3 is 0 Å². The summed E-state index contributed by atoms with van der Waals surface area (Å²) in [5, 5.41) is 3.02. The van der Waals surface area contributed by atoms with Crippen LogP contribution in [0.2, 0.25) is 0 Å². The predicted molar refractivity (Wildman–Crippen MR) is 81.4 cm³/mol. The Morgan fingerprint density at radius 2 is 2.32 bits per heavy atom. The van der Waals surface area contributed by atoms with Crippen LogP contribution >= 0.6 is 0 Å². The summed E-state index contributed by atoms with van der Waals surface area (Å²) in [6, 6.07) is 8.70. The molecule has 0 heterocycles. The molecule has 19 heavy (non-hydrogen) atoms. The van der Waals surface area contributed by atoms with Crippen LogP contribution in [-0.2, 0) is 11.8 Å². The molecule has 0 aromatic heterocycles. The number of hydrogen-bond acceptors (Lipinski definition) is 1. The number of aliphatic imine (C=N–C) groups is 1. The van der Waals surface area contributed by atoms with Crippen molar-refractivity contribution in [2.24, 2.45) is 10.7 Å². The monoisotopic (exact) mass is 257 g/mol. The fraction of sp³-hybridized carbons (Fsp3) is 0.438. The van der Waals surface area contributed by atoms with Gasteiger partial charge in [-0.25, -0.2) is 0 Å². The lowest BCUT2D eigenvalue weighted by molar-refractivity contribution is 0.404. The van der Waals surface area contributed by atoms with E-state index >= 15 is 0 Å². The van der Waals surface area contributed by atoms with Crippen LogP contribution in [0, 0.1) is 0 Å². The van der Waals surface area contributed by atoms with E-state index in [1.807, 2.05) is 0 Å². The summed E-state index contributed by atoms with van der Waals surface area (Å²) in [6.45, 7) is 7.33. The quantitative estimate of drug-likeness (QED) is 0.494. The van der Waals surface area contributed by atoms with Crippen LogP contribution in [0.3, 0.4) is 0 Å².